The first-order chi connectivity index (χ1) is 13.5. The van der Waals surface area contributed by atoms with Gasteiger partial charge in [0.15, 0.2) is 0 Å². The van der Waals surface area contributed by atoms with Crippen LogP contribution >= 0.6 is 15.9 Å². The van der Waals surface area contributed by atoms with Gasteiger partial charge in [-0.1, -0.05) is 25.1 Å². The SMILES string of the molecule is CCC(=O)Nc1ccc([C@@H](C)NC(=O)c2cccc(-n3cc(Br)cn3)c2)cc1. The third-order valence-corrected chi connectivity index (χ3v) is 4.70. The molecule has 0 fully saturated rings. The summed E-state index contributed by atoms with van der Waals surface area (Å²) in [5.41, 5.74) is 3.06. The van der Waals surface area contributed by atoms with Gasteiger partial charge in [-0.15, -0.1) is 0 Å². The second kappa shape index (κ2) is 8.84. The van der Waals surface area contributed by atoms with Crippen LogP contribution in [0.15, 0.2) is 65.4 Å². The first-order valence-corrected chi connectivity index (χ1v) is 9.77. The summed E-state index contributed by atoms with van der Waals surface area (Å²) in [6.07, 6.45) is 3.96. The molecular formula is C21H21BrN4O2. The minimum atomic E-state index is -0.175. The summed E-state index contributed by atoms with van der Waals surface area (Å²) >= 11 is 3.37. The number of hydrogen-bond donors (Lipinski definition) is 2. The molecule has 1 atom stereocenters. The Morgan fingerprint density at radius 2 is 1.93 bits per heavy atom. The van der Waals surface area contributed by atoms with E-state index in [1.807, 2.05) is 56.4 Å². The van der Waals surface area contributed by atoms with E-state index in [2.05, 4.69) is 31.7 Å². The van der Waals surface area contributed by atoms with Crippen LogP contribution in [-0.2, 0) is 4.79 Å². The van der Waals surface area contributed by atoms with Crippen molar-refractivity contribution >= 4 is 33.4 Å². The lowest BCUT2D eigenvalue weighted by atomic mass is 10.1. The summed E-state index contributed by atoms with van der Waals surface area (Å²) in [5, 5.41) is 10.1. The number of carbonyl (C=O) groups excluding carboxylic acids is 2. The van der Waals surface area contributed by atoms with Gasteiger partial charge in [0, 0.05) is 23.9 Å². The lowest BCUT2D eigenvalue weighted by molar-refractivity contribution is -0.115. The molecule has 0 spiro atoms. The number of anilines is 1. The van der Waals surface area contributed by atoms with E-state index >= 15 is 0 Å². The maximum Gasteiger partial charge on any atom is 0.251 e. The Bertz CT molecular complexity index is 982. The molecule has 2 amide bonds. The van der Waals surface area contributed by atoms with Crippen molar-refractivity contribution in [3.63, 3.8) is 0 Å². The van der Waals surface area contributed by atoms with Gasteiger partial charge in [-0.3, -0.25) is 9.59 Å². The van der Waals surface area contributed by atoms with Gasteiger partial charge in [0.2, 0.25) is 5.91 Å². The van der Waals surface area contributed by atoms with Gasteiger partial charge in [-0.2, -0.15) is 5.10 Å². The highest BCUT2D eigenvalue weighted by Gasteiger charge is 2.13. The van der Waals surface area contributed by atoms with Gasteiger partial charge < -0.3 is 10.6 Å². The predicted molar refractivity (Wildman–Crippen MR) is 113 cm³/mol. The van der Waals surface area contributed by atoms with Crippen LogP contribution in [0.5, 0.6) is 0 Å². The molecule has 2 N–H and O–H groups in total. The summed E-state index contributed by atoms with van der Waals surface area (Å²) in [6.45, 7) is 3.73. The average Bonchev–Trinajstić information content (AvgIpc) is 3.15. The largest absolute Gasteiger partial charge is 0.346 e. The number of benzene rings is 2. The van der Waals surface area contributed by atoms with Crippen LogP contribution in [0.1, 0.15) is 42.2 Å². The van der Waals surface area contributed by atoms with Crippen LogP contribution in [-0.4, -0.2) is 21.6 Å². The summed E-state index contributed by atoms with van der Waals surface area (Å²) in [5.74, 6) is -0.192. The van der Waals surface area contributed by atoms with Gasteiger partial charge >= 0.3 is 0 Å². The number of nitrogens with one attached hydrogen (secondary N) is 2. The van der Waals surface area contributed by atoms with Gasteiger partial charge in [0.25, 0.3) is 5.91 Å². The smallest absolute Gasteiger partial charge is 0.251 e. The van der Waals surface area contributed by atoms with E-state index in [-0.39, 0.29) is 17.9 Å². The maximum absolute atomic E-state index is 12.7. The highest BCUT2D eigenvalue weighted by molar-refractivity contribution is 9.10. The monoisotopic (exact) mass is 440 g/mol. The molecule has 1 aromatic heterocycles. The molecular weight excluding hydrogens is 420 g/mol. The Labute approximate surface area is 172 Å². The lowest BCUT2D eigenvalue weighted by Gasteiger charge is -2.15. The molecule has 28 heavy (non-hydrogen) atoms. The first-order valence-electron chi connectivity index (χ1n) is 8.97. The molecule has 0 aliphatic rings. The van der Waals surface area contributed by atoms with E-state index in [4.69, 9.17) is 0 Å². The van der Waals surface area contributed by atoms with E-state index in [9.17, 15) is 9.59 Å². The van der Waals surface area contributed by atoms with Gasteiger partial charge in [0.1, 0.15) is 0 Å². The Morgan fingerprint density at radius 1 is 1.18 bits per heavy atom. The molecule has 6 nitrogen and oxygen atoms in total. The quantitative estimate of drug-likeness (QED) is 0.593. The van der Waals surface area contributed by atoms with Crippen LogP contribution in [0.4, 0.5) is 5.69 Å². The Kier molecular flexibility index (Phi) is 6.26. The van der Waals surface area contributed by atoms with Gasteiger partial charge in [-0.25, -0.2) is 4.68 Å². The molecule has 0 saturated heterocycles. The highest BCUT2D eigenvalue weighted by Crippen LogP contribution is 2.18. The summed E-state index contributed by atoms with van der Waals surface area (Å²) in [7, 11) is 0. The molecule has 0 bridgehead atoms. The summed E-state index contributed by atoms with van der Waals surface area (Å²) < 4.78 is 2.57. The topological polar surface area (TPSA) is 76.0 Å². The van der Waals surface area contributed by atoms with E-state index in [1.54, 1.807) is 23.0 Å². The van der Waals surface area contributed by atoms with Crippen molar-refractivity contribution in [3.05, 3.63) is 76.5 Å². The van der Waals surface area contributed by atoms with E-state index in [0.29, 0.717) is 12.0 Å². The number of amides is 2. The zero-order valence-electron chi connectivity index (χ0n) is 15.6. The fraction of sp³-hybridized carbons (Fsp3) is 0.190. The first kappa shape index (κ1) is 19.8. The Morgan fingerprint density at radius 3 is 2.57 bits per heavy atom. The second-order valence-corrected chi connectivity index (χ2v) is 7.29. The molecule has 144 valence electrons. The van der Waals surface area contributed by atoms with Crippen LogP contribution in [0.2, 0.25) is 0 Å². The zero-order valence-corrected chi connectivity index (χ0v) is 17.2. The number of halogens is 1. The second-order valence-electron chi connectivity index (χ2n) is 6.37. The van der Waals surface area contributed by atoms with Crippen molar-refractivity contribution < 1.29 is 9.59 Å². The fourth-order valence-corrected chi connectivity index (χ4v) is 2.99. The molecule has 3 aromatic rings. The van der Waals surface area contributed by atoms with Crippen LogP contribution < -0.4 is 10.6 Å². The third-order valence-electron chi connectivity index (χ3n) is 4.29. The average molecular weight is 441 g/mol. The van der Waals surface area contributed by atoms with Crippen molar-refractivity contribution in [2.45, 2.75) is 26.3 Å². The van der Waals surface area contributed by atoms with Gasteiger partial charge in [0.05, 0.1) is 22.4 Å². The molecule has 0 aliphatic heterocycles. The molecule has 0 unspecified atom stereocenters. The lowest BCUT2D eigenvalue weighted by Crippen LogP contribution is -2.26. The number of carbonyl (C=O) groups is 2. The van der Waals surface area contributed by atoms with Crippen molar-refractivity contribution in [2.24, 2.45) is 0 Å². The van der Waals surface area contributed by atoms with E-state index < -0.39 is 0 Å². The van der Waals surface area contributed by atoms with Crippen molar-refractivity contribution in [3.8, 4) is 5.69 Å². The number of nitrogens with zero attached hydrogens (tertiary/aromatic N) is 2. The Balaban J connectivity index is 1.68. The molecule has 1 heterocycles. The number of rotatable bonds is 6. The molecule has 0 aliphatic carbocycles. The summed E-state index contributed by atoms with van der Waals surface area (Å²) in [6, 6.07) is 14.6. The predicted octanol–water partition coefficient (Wildman–Crippen LogP) is 4.47. The molecule has 0 saturated carbocycles. The molecule has 2 aromatic carbocycles. The fourth-order valence-electron chi connectivity index (χ4n) is 2.70. The maximum atomic E-state index is 12.7. The van der Waals surface area contributed by atoms with Crippen LogP contribution in [0, 0.1) is 0 Å². The van der Waals surface area contributed by atoms with Crippen molar-refractivity contribution in [2.75, 3.05) is 5.32 Å². The number of aromatic nitrogens is 2. The zero-order chi connectivity index (χ0) is 20.1. The minimum absolute atomic E-state index is 0.0294. The normalized spacial score (nSPS) is 11.7. The highest BCUT2D eigenvalue weighted by atomic mass is 79.9. The molecule has 3 rings (SSSR count). The number of hydrogen-bond acceptors (Lipinski definition) is 3. The van der Waals surface area contributed by atoms with Crippen LogP contribution in [0.3, 0.4) is 0 Å². The minimum Gasteiger partial charge on any atom is -0.346 e. The van der Waals surface area contributed by atoms with Gasteiger partial charge in [-0.05, 0) is 58.7 Å². The van der Waals surface area contributed by atoms with E-state index in [1.165, 1.54) is 0 Å². The van der Waals surface area contributed by atoms with Crippen LogP contribution in [0.25, 0.3) is 5.69 Å². The standard InChI is InChI=1S/C21H21BrN4O2/c1-3-20(27)25-18-9-7-15(8-10-18)14(2)24-21(28)16-5-4-6-19(11-16)26-13-17(22)12-23-26/h4-14H,3H2,1-2H3,(H,24,28)(H,25,27)/t14-/m1/s1. The summed E-state index contributed by atoms with van der Waals surface area (Å²) in [4.78, 5) is 24.1. The van der Waals surface area contributed by atoms with Crippen molar-refractivity contribution in [1.29, 1.82) is 0 Å². The van der Waals surface area contributed by atoms with E-state index in [0.717, 1.165) is 21.4 Å². The molecule has 7 heteroatoms. The third kappa shape index (κ3) is 4.86. The molecule has 0 radical (unpaired) electrons. The Hall–Kier alpha value is -2.93. The van der Waals surface area contributed by atoms with Crippen molar-refractivity contribution in [1.82, 2.24) is 15.1 Å².